The van der Waals surface area contributed by atoms with E-state index in [1.165, 1.54) is 6.92 Å². The van der Waals surface area contributed by atoms with E-state index in [2.05, 4.69) is 52.8 Å². The van der Waals surface area contributed by atoms with E-state index in [1.54, 1.807) is 30.5 Å². The zero-order valence-corrected chi connectivity index (χ0v) is 34.1. The fourth-order valence-corrected chi connectivity index (χ4v) is 6.17. The molecule has 1 aromatic carbocycles. The van der Waals surface area contributed by atoms with Gasteiger partial charge in [0.2, 0.25) is 53.2 Å². The molecular weight excluding hydrogens is 820 g/mol. The zero-order chi connectivity index (χ0) is 46.3. The Bertz CT molecular complexity index is 1990. The summed E-state index contributed by atoms with van der Waals surface area (Å²) in [6.45, 7) is 1.44. The molecular formula is C37H54N12O13. The van der Waals surface area contributed by atoms with E-state index in [4.69, 9.17) is 11.5 Å². The number of primary amides is 2. The minimum atomic E-state index is -1.83. The van der Waals surface area contributed by atoms with Gasteiger partial charge in [-0.05, 0) is 45.2 Å². The van der Waals surface area contributed by atoms with E-state index >= 15 is 0 Å². The first-order valence-corrected chi connectivity index (χ1v) is 19.4. The molecule has 11 amide bonds. The maximum absolute atomic E-state index is 13.9. The van der Waals surface area contributed by atoms with E-state index in [0.717, 1.165) is 13.8 Å². The van der Waals surface area contributed by atoms with Crippen LogP contribution in [0, 0.1) is 0 Å². The second kappa shape index (κ2) is 23.2. The van der Waals surface area contributed by atoms with Crippen LogP contribution >= 0.6 is 0 Å². The van der Waals surface area contributed by atoms with Crippen molar-refractivity contribution in [2.24, 2.45) is 11.5 Å². The lowest BCUT2D eigenvalue weighted by Gasteiger charge is -2.28. The van der Waals surface area contributed by atoms with Gasteiger partial charge in [0.05, 0.1) is 31.8 Å². The van der Waals surface area contributed by atoms with Crippen molar-refractivity contribution in [3.8, 4) is 0 Å². The number of para-hydroxylation sites is 1. The zero-order valence-electron chi connectivity index (χ0n) is 34.1. The Kier molecular flexibility index (Phi) is 18.5. The number of H-pyrrole nitrogens is 1. The summed E-state index contributed by atoms with van der Waals surface area (Å²) in [7, 11) is 0. The second-order valence-electron chi connectivity index (χ2n) is 14.6. The summed E-state index contributed by atoms with van der Waals surface area (Å²) < 4.78 is 0. The number of aliphatic hydroxyl groups excluding tert-OH is 3. The molecule has 25 heteroatoms. The highest BCUT2D eigenvalue weighted by Crippen LogP contribution is 2.19. The van der Waals surface area contributed by atoms with Crippen LogP contribution in [0.4, 0.5) is 4.79 Å². The lowest BCUT2D eigenvalue weighted by Crippen LogP contribution is -2.63. The Balaban J connectivity index is 2.04. The molecule has 0 radical (unpaired) electrons. The van der Waals surface area contributed by atoms with Crippen LogP contribution in [0.25, 0.3) is 10.9 Å². The number of fused-ring (bicyclic) bond motifs is 1. The molecule has 0 aliphatic carbocycles. The molecule has 1 fully saturated rings. The first-order valence-electron chi connectivity index (χ1n) is 19.4. The summed E-state index contributed by atoms with van der Waals surface area (Å²) >= 11 is 0. The Labute approximate surface area is 354 Å². The molecule has 25 nitrogen and oxygen atoms in total. The van der Waals surface area contributed by atoms with Crippen LogP contribution < -0.4 is 59.3 Å². The maximum atomic E-state index is 13.9. The second-order valence-corrected chi connectivity index (χ2v) is 14.6. The number of carbonyl (C=O) groups is 10. The first-order chi connectivity index (χ1) is 29.2. The number of urea groups is 1. The molecule has 0 saturated carbocycles. The van der Waals surface area contributed by atoms with Crippen molar-refractivity contribution in [1.82, 2.24) is 52.8 Å². The highest BCUT2D eigenvalue weighted by molar-refractivity contribution is 5.99. The van der Waals surface area contributed by atoms with Crippen LogP contribution in [0.2, 0.25) is 0 Å². The number of nitrogens with two attached hydrogens (primary N) is 2. The minimum absolute atomic E-state index is 0.0196. The quantitative estimate of drug-likeness (QED) is 0.0936. The van der Waals surface area contributed by atoms with Gasteiger partial charge in [0, 0.05) is 30.1 Å². The number of amides is 11. The Hall–Kier alpha value is -6.86. The Morgan fingerprint density at radius 1 is 0.726 bits per heavy atom. The number of carbonyl (C=O) groups excluding carboxylic acids is 10. The Morgan fingerprint density at radius 2 is 1.29 bits per heavy atom. The molecule has 1 aliphatic rings. The molecule has 1 aliphatic heterocycles. The highest BCUT2D eigenvalue weighted by Gasteiger charge is 2.36. The highest BCUT2D eigenvalue weighted by atomic mass is 16.3. The van der Waals surface area contributed by atoms with Crippen molar-refractivity contribution in [1.29, 1.82) is 0 Å². The molecule has 1 aromatic heterocycles. The summed E-state index contributed by atoms with van der Waals surface area (Å²) in [5.74, 6) is -9.67. The van der Waals surface area contributed by atoms with Crippen molar-refractivity contribution in [3.63, 3.8) is 0 Å². The SMILES string of the molecule is C[C@@H]1NC(=O)[C@H]([C@@H](C)O)NC(=O)[C@H](CO)NC(=O)[C@H]([C@@H](C)O)NC(=O)[C@H](CCCNC(N)=O)NC(=O)CNC(=O)[C@H](CC(N)=O)NC(=O)[C@H](Cc2c[nH]c3ccccc23)NC1=O. The van der Waals surface area contributed by atoms with Crippen molar-refractivity contribution in [2.75, 3.05) is 19.7 Å². The maximum Gasteiger partial charge on any atom is 0.312 e. The van der Waals surface area contributed by atoms with Crippen molar-refractivity contribution < 1.29 is 63.3 Å². The third-order valence-corrected chi connectivity index (χ3v) is 9.51. The van der Waals surface area contributed by atoms with Crippen LogP contribution in [0.5, 0.6) is 0 Å². The largest absolute Gasteiger partial charge is 0.394 e. The van der Waals surface area contributed by atoms with Gasteiger partial charge in [-0.3, -0.25) is 43.2 Å². The Morgan fingerprint density at radius 3 is 1.89 bits per heavy atom. The number of nitrogens with one attached hydrogen (secondary N) is 10. The van der Waals surface area contributed by atoms with Gasteiger partial charge in [0.15, 0.2) is 0 Å². The fraction of sp³-hybridized carbons (Fsp3) is 0.514. The number of aromatic nitrogens is 1. The molecule has 0 bridgehead atoms. The average Bonchev–Trinajstić information content (AvgIpc) is 3.61. The third kappa shape index (κ3) is 14.7. The average molecular weight is 875 g/mol. The van der Waals surface area contributed by atoms with E-state index < -0.39 is 133 Å². The number of hydrogen-bond acceptors (Lipinski definition) is 13. The fourth-order valence-electron chi connectivity index (χ4n) is 6.17. The van der Waals surface area contributed by atoms with Crippen LogP contribution in [-0.4, -0.2) is 154 Å². The van der Waals surface area contributed by atoms with Gasteiger partial charge < -0.3 is 79.6 Å². The molecule has 0 unspecified atom stereocenters. The summed E-state index contributed by atoms with van der Waals surface area (Å²) in [5.41, 5.74) is 11.7. The van der Waals surface area contributed by atoms with Gasteiger partial charge in [-0.15, -0.1) is 0 Å². The van der Waals surface area contributed by atoms with Gasteiger partial charge in [0.25, 0.3) is 0 Å². The van der Waals surface area contributed by atoms with Gasteiger partial charge in [-0.1, -0.05) is 18.2 Å². The summed E-state index contributed by atoms with van der Waals surface area (Å²) in [5, 5.41) is 52.2. The lowest BCUT2D eigenvalue weighted by molar-refractivity contribution is -0.138. The lowest BCUT2D eigenvalue weighted by atomic mass is 10.0. The number of aromatic amines is 1. The number of rotatable bonds is 11. The van der Waals surface area contributed by atoms with E-state index in [1.807, 2.05) is 0 Å². The van der Waals surface area contributed by atoms with Crippen LogP contribution in [0.15, 0.2) is 30.5 Å². The topological polar surface area (TPSA) is 407 Å². The monoisotopic (exact) mass is 874 g/mol. The smallest absolute Gasteiger partial charge is 0.312 e. The molecule has 3 rings (SSSR count). The standard InChI is InChI=1S/C37H54N12O13/c1-16-30(55)45-23(11-19-13-41-21-8-5-4-7-20(19)21)33(58)46-24(12-26(38)53)31(56)42-14-27(54)44-22(9-6-10-40-37(39)62)32(57)48-29(18(3)52)36(61)47-25(15-50)34(59)49-28(17(2)51)35(60)43-16/h4-5,7-8,13,16-18,22-25,28-29,41,50-52H,6,9-12,14-15H2,1-3H3,(H2,38,53)(H,42,56)(H,43,60)(H,44,54)(H,45,55)(H,46,58)(H,47,61)(H,48,57)(H,49,59)(H3,39,40,62)/t16-,17+,18+,22-,23-,24-,25-,28-,29-/m0/s1. The number of aliphatic hydroxyl groups is 3. The van der Waals surface area contributed by atoms with Crippen LogP contribution in [-0.2, 0) is 49.6 Å². The molecule has 62 heavy (non-hydrogen) atoms. The van der Waals surface area contributed by atoms with Crippen LogP contribution in [0.3, 0.4) is 0 Å². The van der Waals surface area contributed by atoms with Crippen molar-refractivity contribution >= 4 is 70.1 Å². The van der Waals surface area contributed by atoms with Crippen molar-refractivity contribution in [3.05, 3.63) is 36.0 Å². The predicted molar refractivity (Wildman–Crippen MR) is 215 cm³/mol. The molecule has 340 valence electrons. The van der Waals surface area contributed by atoms with Crippen LogP contribution in [0.1, 0.15) is 45.6 Å². The molecule has 2 heterocycles. The number of benzene rings is 1. The normalized spacial score (nSPS) is 25.2. The van der Waals surface area contributed by atoms with E-state index in [9.17, 15) is 63.3 Å². The third-order valence-electron chi connectivity index (χ3n) is 9.51. The molecule has 2 aromatic rings. The van der Waals surface area contributed by atoms with E-state index in [-0.39, 0.29) is 25.8 Å². The summed E-state index contributed by atoms with van der Waals surface area (Å²) in [4.78, 5) is 134. The van der Waals surface area contributed by atoms with E-state index in [0.29, 0.717) is 16.5 Å². The molecule has 0 spiro atoms. The summed E-state index contributed by atoms with van der Waals surface area (Å²) in [6, 6.07) is -5.51. The van der Waals surface area contributed by atoms with Gasteiger partial charge in [-0.2, -0.15) is 0 Å². The molecule has 17 N–H and O–H groups in total. The van der Waals surface area contributed by atoms with Gasteiger partial charge in [-0.25, -0.2) is 4.79 Å². The van der Waals surface area contributed by atoms with Gasteiger partial charge in [0.1, 0.15) is 42.3 Å². The molecule has 9 atom stereocenters. The van der Waals surface area contributed by atoms with Gasteiger partial charge >= 0.3 is 6.03 Å². The first kappa shape index (κ1) is 49.5. The van der Waals surface area contributed by atoms with Crippen molar-refractivity contribution in [2.45, 2.75) is 101 Å². The minimum Gasteiger partial charge on any atom is -0.394 e. The number of hydrogen-bond donors (Lipinski definition) is 15. The molecule has 1 saturated heterocycles. The predicted octanol–water partition coefficient (Wildman–Crippen LogP) is -6.67. The summed E-state index contributed by atoms with van der Waals surface area (Å²) in [6.07, 6.45) is -2.88.